The molecule has 3 amide bonds. The molecule has 10 heteroatoms. The minimum absolute atomic E-state index is 0.179. The highest BCUT2D eigenvalue weighted by Gasteiger charge is 2.30. The number of carbonyl (C=O) groups excluding carboxylic acids is 2. The Bertz CT molecular complexity index is 1280. The summed E-state index contributed by atoms with van der Waals surface area (Å²) in [6.07, 6.45) is 0. The molecule has 0 saturated heterocycles. The molecular formula is C23H22ClN7O2. The third-order valence-corrected chi connectivity index (χ3v) is 5.65. The first kappa shape index (κ1) is 22.2. The Hall–Kier alpha value is -4.03. The van der Waals surface area contributed by atoms with Gasteiger partial charge >= 0.3 is 6.03 Å². The second-order valence-corrected chi connectivity index (χ2v) is 8.30. The highest BCUT2D eigenvalue weighted by atomic mass is 35.5. The molecule has 0 saturated carbocycles. The van der Waals surface area contributed by atoms with Crippen molar-refractivity contribution in [3.05, 3.63) is 70.2 Å². The van der Waals surface area contributed by atoms with Gasteiger partial charge in [0.1, 0.15) is 5.69 Å². The zero-order valence-corrected chi connectivity index (χ0v) is 18.9. The molecule has 0 radical (unpaired) electrons. The molecule has 0 fully saturated rings. The van der Waals surface area contributed by atoms with Gasteiger partial charge in [0, 0.05) is 42.6 Å². The van der Waals surface area contributed by atoms with E-state index in [4.69, 9.17) is 23.9 Å². The molecule has 2 heterocycles. The first-order chi connectivity index (χ1) is 15.8. The number of fused-ring (bicyclic) bond motifs is 1. The molecule has 1 aliphatic heterocycles. The highest BCUT2D eigenvalue weighted by molar-refractivity contribution is 6.31. The molecule has 4 rings (SSSR count). The molecule has 9 nitrogen and oxygen atoms in total. The highest BCUT2D eigenvalue weighted by Crippen LogP contribution is 2.33. The molecule has 33 heavy (non-hydrogen) atoms. The monoisotopic (exact) mass is 463 g/mol. The Morgan fingerprint density at radius 2 is 1.91 bits per heavy atom. The molecular weight excluding hydrogens is 442 g/mol. The largest absolute Gasteiger partial charge is 0.378 e. The van der Waals surface area contributed by atoms with Crippen molar-refractivity contribution in [2.45, 2.75) is 13.1 Å². The summed E-state index contributed by atoms with van der Waals surface area (Å²) in [5.41, 5.74) is 9.67. The van der Waals surface area contributed by atoms with Gasteiger partial charge in [-0.25, -0.2) is 9.64 Å². The maximum atomic E-state index is 12.8. The second-order valence-electron chi connectivity index (χ2n) is 7.86. The smallest absolute Gasteiger partial charge is 0.322 e. The zero-order chi connectivity index (χ0) is 23.7. The maximum absolute atomic E-state index is 12.8. The van der Waals surface area contributed by atoms with Gasteiger partial charge in [0.2, 0.25) is 0 Å². The molecule has 0 bridgehead atoms. The van der Waals surface area contributed by atoms with Gasteiger partial charge in [-0.2, -0.15) is 5.10 Å². The number of nitrogens with two attached hydrogens (primary N) is 1. The van der Waals surface area contributed by atoms with Crippen LogP contribution < -0.4 is 16.0 Å². The fraction of sp³-hybridized carbons (Fsp3) is 0.217. The third-order valence-electron chi connectivity index (χ3n) is 5.43. The number of primary amides is 1. The Balaban J connectivity index is 1.64. The van der Waals surface area contributed by atoms with E-state index in [1.165, 1.54) is 0 Å². The number of aromatic nitrogens is 2. The summed E-state index contributed by atoms with van der Waals surface area (Å²) in [7, 11) is 3.79. The van der Waals surface area contributed by atoms with E-state index in [2.05, 4.69) is 15.3 Å². The van der Waals surface area contributed by atoms with E-state index < -0.39 is 5.91 Å². The van der Waals surface area contributed by atoms with Crippen molar-refractivity contribution in [2.24, 2.45) is 5.73 Å². The molecule has 2 aromatic carbocycles. The summed E-state index contributed by atoms with van der Waals surface area (Å²) < 4.78 is 1.72. The summed E-state index contributed by atoms with van der Waals surface area (Å²) in [5, 5.41) is 7.97. The molecule has 3 aromatic rings. The molecule has 168 valence electrons. The lowest BCUT2D eigenvalue weighted by Crippen LogP contribution is -2.41. The van der Waals surface area contributed by atoms with Crippen LogP contribution in [0.15, 0.2) is 42.5 Å². The first-order valence-corrected chi connectivity index (χ1v) is 10.6. The van der Waals surface area contributed by atoms with Crippen LogP contribution in [0.2, 0.25) is 5.02 Å². The minimum atomic E-state index is -0.616. The van der Waals surface area contributed by atoms with Crippen molar-refractivity contribution in [3.63, 3.8) is 0 Å². The zero-order valence-electron chi connectivity index (χ0n) is 18.2. The van der Waals surface area contributed by atoms with E-state index in [1.807, 2.05) is 31.1 Å². The molecule has 0 unspecified atom stereocenters. The summed E-state index contributed by atoms with van der Waals surface area (Å²) in [5.74, 6) is -0.616. The van der Waals surface area contributed by atoms with Crippen molar-refractivity contribution in [1.29, 1.82) is 0 Å². The molecule has 1 aromatic heterocycles. The van der Waals surface area contributed by atoms with Gasteiger partial charge in [0.15, 0.2) is 5.69 Å². The van der Waals surface area contributed by atoms with Crippen LogP contribution in [0.5, 0.6) is 0 Å². The average Bonchev–Trinajstić information content (AvgIpc) is 3.18. The molecule has 0 aliphatic carbocycles. The van der Waals surface area contributed by atoms with Crippen molar-refractivity contribution < 1.29 is 9.59 Å². The number of carbonyl (C=O) groups is 2. The van der Waals surface area contributed by atoms with Crippen molar-refractivity contribution in [2.75, 3.05) is 30.9 Å². The van der Waals surface area contributed by atoms with Gasteiger partial charge in [-0.3, -0.25) is 9.48 Å². The predicted octanol–water partition coefficient (Wildman–Crippen LogP) is 3.97. The molecule has 0 atom stereocenters. The third kappa shape index (κ3) is 4.47. The maximum Gasteiger partial charge on any atom is 0.322 e. The van der Waals surface area contributed by atoms with Gasteiger partial charge in [0.05, 0.1) is 30.9 Å². The topological polar surface area (TPSA) is 101 Å². The second kappa shape index (κ2) is 8.84. The Morgan fingerprint density at radius 1 is 1.18 bits per heavy atom. The van der Waals surface area contributed by atoms with E-state index in [0.717, 1.165) is 5.69 Å². The van der Waals surface area contributed by atoms with Crippen LogP contribution in [0.1, 0.15) is 16.1 Å². The molecule has 1 aliphatic rings. The number of benzene rings is 2. The minimum Gasteiger partial charge on any atom is -0.378 e. The Morgan fingerprint density at radius 3 is 2.55 bits per heavy atom. The van der Waals surface area contributed by atoms with E-state index >= 15 is 0 Å². The van der Waals surface area contributed by atoms with E-state index in [1.54, 1.807) is 39.9 Å². The van der Waals surface area contributed by atoms with Crippen LogP contribution in [-0.4, -0.2) is 47.3 Å². The Kier molecular flexibility index (Phi) is 5.94. The number of nitrogens with zero attached hydrogens (tertiary/aromatic N) is 5. The average molecular weight is 464 g/mol. The van der Waals surface area contributed by atoms with Crippen LogP contribution in [0.25, 0.3) is 16.1 Å². The number of anilines is 2. The SMILES string of the molecule is [C-]#[N+]c1ccc(NC(=O)N2CCn3nc(-c4cc(Cl)cc(N(C)C)c4)c(C(N)=O)c3C2)cc1. The van der Waals surface area contributed by atoms with Gasteiger partial charge < -0.3 is 20.9 Å². The van der Waals surface area contributed by atoms with Crippen LogP contribution in [0.3, 0.4) is 0 Å². The summed E-state index contributed by atoms with van der Waals surface area (Å²) in [6.45, 7) is 8.03. The number of urea groups is 1. The summed E-state index contributed by atoms with van der Waals surface area (Å²) in [4.78, 5) is 32.1. The standard InChI is InChI=1S/C23H22ClN7O2/c1-26-16-4-6-17(7-5-16)27-23(33)30-8-9-31-19(13-30)20(22(25)32)21(28-31)14-10-15(24)12-18(11-14)29(2)3/h4-7,10-12H,8-9,13H2,2-3H3,(H2,25,32)(H,27,33). The molecule has 0 spiro atoms. The fourth-order valence-electron chi connectivity index (χ4n) is 3.74. The fourth-order valence-corrected chi connectivity index (χ4v) is 3.97. The quantitative estimate of drug-likeness (QED) is 0.571. The lowest BCUT2D eigenvalue weighted by atomic mass is 10.0. The van der Waals surface area contributed by atoms with E-state index in [9.17, 15) is 9.59 Å². The number of hydrogen-bond acceptors (Lipinski definition) is 4. The Labute approximate surface area is 196 Å². The summed E-state index contributed by atoms with van der Waals surface area (Å²) in [6, 6.07) is 11.8. The van der Waals surface area contributed by atoms with Crippen LogP contribution >= 0.6 is 11.6 Å². The number of halogens is 1. The van der Waals surface area contributed by atoms with Crippen molar-refractivity contribution in [1.82, 2.24) is 14.7 Å². The van der Waals surface area contributed by atoms with Crippen molar-refractivity contribution in [3.8, 4) is 11.3 Å². The lowest BCUT2D eigenvalue weighted by molar-refractivity contribution is 0.0997. The van der Waals surface area contributed by atoms with Gasteiger partial charge in [0.25, 0.3) is 5.91 Å². The van der Waals surface area contributed by atoms with E-state index in [-0.39, 0.29) is 18.1 Å². The van der Waals surface area contributed by atoms with Crippen LogP contribution in [0, 0.1) is 6.57 Å². The van der Waals surface area contributed by atoms with Crippen molar-refractivity contribution >= 4 is 40.6 Å². The van der Waals surface area contributed by atoms with Gasteiger partial charge in [-0.1, -0.05) is 23.7 Å². The number of hydrogen-bond donors (Lipinski definition) is 2. The van der Waals surface area contributed by atoms with Crippen LogP contribution in [0.4, 0.5) is 21.9 Å². The molecule has 3 N–H and O–H groups in total. The summed E-state index contributed by atoms with van der Waals surface area (Å²) >= 11 is 6.31. The van der Waals surface area contributed by atoms with Crippen LogP contribution in [-0.2, 0) is 13.1 Å². The number of nitrogens with one attached hydrogen (secondary N) is 1. The lowest BCUT2D eigenvalue weighted by Gasteiger charge is -2.28. The number of rotatable bonds is 4. The van der Waals surface area contributed by atoms with E-state index in [0.29, 0.717) is 46.4 Å². The predicted molar refractivity (Wildman–Crippen MR) is 128 cm³/mol. The normalized spacial score (nSPS) is 12.6. The number of amides is 3. The van der Waals surface area contributed by atoms with Gasteiger partial charge in [-0.05, 0) is 30.3 Å². The van der Waals surface area contributed by atoms with Gasteiger partial charge in [-0.15, -0.1) is 0 Å². The first-order valence-electron chi connectivity index (χ1n) is 10.2.